The lowest BCUT2D eigenvalue weighted by atomic mass is 10.1. The molecule has 0 saturated heterocycles. The van der Waals surface area contributed by atoms with Gasteiger partial charge in [0.15, 0.2) is 9.84 Å². The zero-order valence-corrected chi connectivity index (χ0v) is 15.5. The molecule has 0 unspecified atom stereocenters. The molecule has 0 aliphatic carbocycles. The van der Waals surface area contributed by atoms with Crippen molar-refractivity contribution in [3.63, 3.8) is 0 Å². The van der Waals surface area contributed by atoms with Crippen molar-refractivity contribution >= 4 is 25.8 Å². The minimum atomic E-state index is -2.99. The molecule has 4 nitrogen and oxygen atoms in total. The van der Waals surface area contributed by atoms with Crippen LogP contribution in [0.5, 0.6) is 5.75 Å². The molecule has 0 saturated carbocycles. The van der Waals surface area contributed by atoms with Gasteiger partial charge in [-0.1, -0.05) is 13.0 Å². The van der Waals surface area contributed by atoms with Gasteiger partial charge in [-0.15, -0.1) is 0 Å². The summed E-state index contributed by atoms with van der Waals surface area (Å²) in [5.41, 5.74) is 1.21. The highest BCUT2D eigenvalue weighted by Crippen LogP contribution is 2.26. The molecule has 1 aromatic rings. The van der Waals surface area contributed by atoms with Gasteiger partial charge in [0.1, 0.15) is 12.4 Å². The van der Waals surface area contributed by atoms with Crippen LogP contribution in [0.25, 0.3) is 0 Å². The second-order valence-electron chi connectivity index (χ2n) is 5.95. The number of hydrogen-bond donors (Lipinski definition) is 1. The van der Waals surface area contributed by atoms with Crippen LogP contribution in [0.3, 0.4) is 0 Å². The Hall–Kier alpha value is -0.590. The van der Waals surface area contributed by atoms with Gasteiger partial charge >= 0.3 is 0 Å². The van der Waals surface area contributed by atoms with Crippen LogP contribution in [0, 0.1) is 0 Å². The van der Waals surface area contributed by atoms with Gasteiger partial charge in [-0.25, -0.2) is 8.42 Å². The van der Waals surface area contributed by atoms with E-state index in [0.717, 1.165) is 16.6 Å². The number of ether oxygens (including phenoxy) is 1. The number of hydrogen-bond acceptors (Lipinski definition) is 4. The fourth-order valence-electron chi connectivity index (χ4n) is 1.56. The van der Waals surface area contributed by atoms with Gasteiger partial charge < -0.3 is 10.1 Å². The molecule has 1 N–H and O–H groups in total. The molecule has 0 atom stereocenters. The molecule has 6 heteroatoms. The van der Waals surface area contributed by atoms with Crippen molar-refractivity contribution in [3.05, 3.63) is 28.2 Å². The Labute approximate surface area is 136 Å². The molecule has 0 aliphatic heterocycles. The van der Waals surface area contributed by atoms with E-state index in [1.165, 1.54) is 0 Å². The predicted octanol–water partition coefficient (Wildman–Crippen LogP) is 3.15. The third kappa shape index (κ3) is 7.29. The molecular weight excluding hydrogens is 354 g/mol. The minimum Gasteiger partial charge on any atom is -0.491 e. The number of benzene rings is 1. The van der Waals surface area contributed by atoms with Crippen LogP contribution in [-0.4, -0.2) is 32.1 Å². The lowest BCUT2D eigenvalue weighted by molar-refractivity contribution is 0.338. The zero-order valence-electron chi connectivity index (χ0n) is 13.1. The number of halogens is 1. The van der Waals surface area contributed by atoms with Gasteiger partial charge in [-0.05, 0) is 54.4 Å². The summed E-state index contributed by atoms with van der Waals surface area (Å²) >= 11 is 3.46. The predicted molar refractivity (Wildman–Crippen MR) is 90.6 cm³/mol. The van der Waals surface area contributed by atoms with Gasteiger partial charge in [0, 0.05) is 17.8 Å². The van der Waals surface area contributed by atoms with E-state index in [0.29, 0.717) is 5.75 Å². The molecule has 21 heavy (non-hydrogen) atoms. The van der Waals surface area contributed by atoms with Gasteiger partial charge in [0.25, 0.3) is 0 Å². The van der Waals surface area contributed by atoms with Gasteiger partial charge in [-0.3, -0.25) is 0 Å². The van der Waals surface area contributed by atoms with Crippen molar-refractivity contribution in [2.75, 3.05) is 18.1 Å². The smallest absolute Gasteiger partial charge is 0.153 e. The fraction of sp³-hybridized carbons (Fsp3) is 0.600. The maximum absolute atomic E-state index is 11.4. The van der Waals surface area contributed by atoms with Crippen molar-refractivity contribution in [2.45, 2.75) is 39.8 Å². The largest absolute Gasteiger partial charge is 0.491 e. The van der Waals surface area contributed by atoms with E-state index in [-0.39, 0.29) is 23.7 Å². The Kier molecular flexibility index (Phi) is 6.69. The van der Waals surface area contributed by atoms with Crippen LogP contribution < -0.4 is 10.1 Å². The quantitative estimate of drug-likeness (QED) is 0.792. The molecule has 0 radical (unpaired) electrons. The maximum atomic E-state index is 11.4. The second kappa shape index (κ2) is 7.61. The molecule has 1 rings (SSSR count). The van der Waals surface area contributed by atoms with E-state index in [9.17, 15) is 8.42 Å². The van der Waals surface area contributed by atoms with Gasteiger partial charge in [-0.2, -0.15) is 0 Å². The summed E-state index contributed by atoms with van der Waals surface area (Å²) in [6.45, 7) is 8.94. The Morgan fingerprint density at radius 2 is 1.95 bits per heavy atom. The second-order valence-corrected chi connectivity index (χ2v) is 9.28. The molecule has 0 fully saturated rings. The van der Waals surface area contributed by atoms with E-state index in [2.05, 4.69) is 42.0 Å². The van der Waals surface area contributed by atoms with E-state index in [1.807, 2.05) is 18.2 Å². The Bertz CT molecular complexity index is 565. The van der Waals surface area contributed by atoms with Crippen LogP contribution in [0.15, 0.2) is 22.7 Å². The van der Waals surface area contributed by atoms with E-state index in [1.54, 1.807) is 6.92 Å². The lowest BCUT2D eigenvalue weighted by Crippen LogP contribution is -2.35. The summed E-state index contributed by atoms with van der Waals surface area (Å²) in [4.78, 5) is 0. The first kappa shape index (κ1) is 18.5. The molecular formula is C15H24BrNO3S. The van der Waals surface area contributed by atoms with Gasteiger partial charge in [0.2, 0.25) is 0 Å². The molecule has 1 aromatic carbocycles. The van der Waals surface area contributed by atoms with Crippen molar-refractivity contribution in [1.82, 2.24) is 5.32 Å². The summed E-state index contributed by atoms with van der Waals surface area (Å²) in [7, 11) is -2.99. The first-order chi connectivity index (χ1) is 9.63. The minimum absolute atomic E-state index is 0.0449. The van der Waals surface area contributed by atoms with Crippen LogP contribution in [0.1, 0.15) is 33.3 Å². The average molecular weight is 378 g/mol. The van der Waals surface area contributed by atoms with Crippen molar-refractivity contribution < 1.29 is 13.2 Å². The van der Waals surface area contributed by atoms with Crippen LogP contribution in [0.2, 0.25) is 0 Å². The fourth-order valence-corrected chi connectivity index (χ4v) is 2.73. The first-order valence-electron chi connectivity index (χ1n) is 6.99. The van der Waals surface area contributed by atoms with Crippen molar-refractivity contribution in [2.24, 2.45) is 0 Å². The molecule has 0 aliphatic rings. The van der Waals surface area contributed by atoms with Gasteiger partial charge in [0.05, 0.1) is 10.2 Å². The van der Waals surface area contributed by atoms with Crippen molar-refractivity contribution in [3.8, 4) is 5.75 Å². The summed E-state index contributed by atoms with van der Waals surface area (Å²) in [5.74, 6) is 0.860. The molecule has 0 aromatic heterocycles. The van der Waals surface area contributed by atoms with E-state index < -0.39 is 9.84 Å². The third-order valence-electron chi connectivity index (χ3n) is 2.91. The molecule has 0 spiro atoms. The van der Waals surface area contributed by atoms with E-state index >= 15 is 0 Å². The third-order valence-corrected chi connectivity index (χ3v) is 5.20. The summed E-state index contributed by atoms with van der Waals surface area (Å²) < 4.78 is 29.2. The summed E-state index contributed by atoms with van der Waals surface area (Å²) in [5, 5.41) is 3.41. The Balaban J connectivity index is 2.58. The molecule has 0 bridgehead atoms. The topological polar surface area (TPSA) is 55.4 Å². The Morgan fingerprint density at radius 1 is 1.29 bits per heavy atom. The molecule has 120 valence electrons. The monoisotopic (exact) mass is 377 g/mol. The Morgan fingerprint density at radius 3 is 2.48 bits per heavy atom. The standard InChI is InChI=1S/C15H24BrNO3S/c1-5-21(18,19)9-8-20-14-7-6-12(10-13(14)16)11-17-15(2,3)4/h6-7,10,17H,5,8-9,11H2,1-4H3. The highest BCUT2D eigenvalue weighted by Gasteiger charge is 2.11. The number of rotatable bonds is 7. The summed E-state index contributed by atoms with van der Waals surface area (Å²) in [6.07, 6.45) is 0. The number of nitrogens with one attached hydrogen (secondary N) is 1. The zero-order chi connectivity index (χ0) is 16.1. The van der Waals surface area contributed by atoms with Crippen molar-refractivity contribution in [1.29, 1.82) is 0 Å². The maximum Gasteiger partial charge on any atom is 0.153 e. The lowest BCUT2D eigenvalue weighted by Gasteiger charge is -2.20. The van der Waals surface area contributed by atoms with Crippen LogP contribution >= 0.6 is 15.9 Å². The highest BCUT2D eigenvalue weighted by molar-refractivity contribution is 9.10. The number of sulfone groups is 1. The normalized spacial score (nSPS) is 12.4. The van der Waals surface area contributed by atoms with Crippen LogP contribution in [-0.2, 0) is 16.4 Å². The first-order valence-corrected chi connectivity index (χ1v) is 9.61. The molecule has 0 heterocycles. The van der Waals surface area contributed by atoms with Crippen LogP contribution in [0.4, 0.5) is 0 Å². The van der Waals surface area contributed by atoms with E-state index in [4.69, 9.17) is 4.74 Å². The summed E-state index contributed by atoms with van der Waals surface area (Å²) in [6, 6.07) is 5.83. The highest BCUT2D eigenvalue weighted by atomic mass is 79.9. The average Bonchev–Trinajstić information content (AvgIpc) is 2.38. The molecule has 0 amide bonds. The SMILES string of the molecule is CCS(=O)(=O)CCOc1ccc(CNC(C)(C)C)cc1Br.